The molecule has 0 unspecified atom stereocenters. The van der Waals surface area contributed by atoms with Crippen molar-refractivity contribution in [2.45, 2.75) is 13.3 Å². The fourth-order valence-corrected chi connectivity index (χ4v) is 1.51. The minimum Gasteiger partial charge on any atom is -0.461 e. The molecule has 1 rings (SSSR count). The van der Waals surface area contributed by atoms with Crippen LogP contribution in [0.15, 0.2) is 42.5 Å². The van der Waals surface area contributed by atoms with Gasteiger partial charge < -0.3 is 14.2 Å². The second-order valence-corrected chi connectivity index (χ2v) is 4.18. The van der Waals surface area contributed by atoms with Gasteiger partial charge in [-0.05, 0) is 18.9 Å². The predicted octanol–water partition coefficient (Wildman–Crippen LogP) is 1.91. The summed E-state index contributed by atoms with van der Waals surface area (Å²) in [7, 11) is 0. The zero-order chi connectivity index (χ0) is 15.3. The summed E-state index contributed by atoms with van der Waals surface area (Å²) >= 11 is 0. The average Bonchev–Trinajstić information content (AvgIpc) is 2.50. The van der Waals surface area contributed by atoms with E-state index >= 15 is 0 Å². The Morgan fingerprint density at radius 2 is 1.81 bits per heavy atom. The lowest BCUT2D eigenvalue weighted by Gasteiger charge is -2.06. The highest BCUT2D eigenvalue weighted by Crippen LogP contribution is 1.99. The van der Waals surface area contributed by atoms with Crippen LogP contribution in [0.4, 0.5) is 0 Å². The van der Waals surface area contributed by atoms with Gasteiger partial charge in [-0.2, -0.15) is 0 Å². The summed E-state index contributed by atoms with van der Waals surface area (Å²) in [6, 6.07) is 9.98. The molecule has 1 aromatic carbocycles. The van der Waals surface area contributed by atoms with Gasteiger partial charge in [0.25, 0.3) is 0 Å². The summed E-state index contributed by atoms with van der Waals surface area (Å²) in [5, 5.41) is 0. The molecule has 5 nitrogen and oxygen atoms in total. The number of esters is 2. The van der Waals surface area contributed by atoms with Gasteiger partial charge >= 0.3 is 11.9 Å². The van der Waals surface area contributed by atoms with Gasteiger partial charge in [0.1, 0.15) is 6.61 Å². The van der Waals surface area contributed by atoms with Crippen molar-refractivity contribution in [1.82, 2.24) is 0 Å². The lowest BCUT2D eigenvalue weighted by Crippen LogP contribution is -2.18. The third-order valence-electron chi connectivity index (χ3n) is 2.50. The van der Waals surface area contributed by atoms with Gasteiger partial charge in [0.2, 0.25) is 0 Å². The zero-order valence-electron chi connectivity index (χ0n) is 12.1. The zero-order valence-corrected chi connectivity index (χ0v) is 12.1. The third kappa shape index (κ3) is 8.60. The Balaban J connectivity index is 1.98. The minimum atomic E-state index is -0.584. The van der Waals surface area contributed by atoms with E-state index in [1.807, 2.05) is 30.3 Å². The van der Waals surface area contributed by atoms with Gasteiger partial charge in [-0.1, -0.05) is 36.4 Å². The van der Waals surface area contributed by atoms with E-state index in [4.69, 9.17) is 9.47 Å². The van der Waals surface area contributed by atoms with Crippen molar-refractivity contribution in [3.63, 3.8) is 0 Å². The van der Waals surface area contributed by atoms with E-state index in [2.05, 4.69) is 4.74 Å². The van der Waals surface area contributed by atoms with Crippen molar-refractivity contribution < 1.29 is 23.8 Å². The molecule has 0 spiro atoms. The molecular formula is C16H20O5. The molecule has 5 heteroatoms. The van der Waals surface area contributed by atoms with E-state index in [0.29, 0.717) is 13.2 Å². The first-order chi connectivity index (χ1) is 10.2. The summed E-state index contributed by atoms with van der Waals surface area (Å²) in [4.78, 5) is 22.2. The SMILES string of the molecule is C/C=C/C(=O)OCC(=O)OCCOCCc1ccccc1. The van der Waals surface area contributed by atoms with Crippen LogP contribution in [0.2, 0.25) is 0 Å². The van der Waals surface area contributed by atoms with E-state index < -0.39 is 11.9 Å². The number of allylic oxidation sites excluding steroid dienone is 1. The molecule has 114 valence electrons. The molecule has 0 heterocycles. The van der Waals surface area contributed by atoms with Gasteiger partial charge in [-0.15, -0.1) is 0 Å². The van der Waals surface area contributed by atoms with Gasteiger partial charge in [-0.3, -0.25) is 0 Å². The summed E-state index contributed by atoms with van der Waals surface area (Å²) in [5.41, 5.74) is 1.20. The van der Waals surface area contributed by atoms with Crippen LogP contribution < -0.4 is 0 Å². The topological polar surface area (TPSA) is 61.8 Å². The Kier molecular flexibility index (Phi) is 8.56. The fourth-order valence-electron chi connectivity index (χ4n) is 1.51. The summed E-state index contributed by atoms with van der Waals surface area (Å²) < 4.78 is 14.9. The van der Waals surface area contributed by atoms with Crippen LogP contribution in [0, 0.1) is 0 Å². The Hall–Kier alpha value is -2.14. The maximum Gasteiger partial charge on any atom is 0.344 e. The second kappa shape index (κ2) is 10.6. The maximum absolute atomic E-state index is 11.2. The molecule has 0 saturated heterocycles. The summed E-state index contributed by atoms with van der Waals surface area (Å²) in [6.45, 7) is 2.34. The number of ether oxygens (including phenoxy) is 3. The molecule has 0 bridgehead atoms. The number of hydrogen-bond acceptors (Lipinski definition) is 5. The van der Waals surface area contributed by atoms with Crippen LogP contribution in [0.25, 0.3) is 0 Å². The van der Waals surface area contributed by atoms with Gasteiger partial charge in [0.05, 0.1) is 13.2 Å². The number of benzene rings is 1. The van der Waals surface area contributed by atoms with E-state index in [-0.39, 0.29) is 13.2 Å². The highest BCUT2D eigenvalue weighted by Gasteiger charge is 2.05. The van der Waals surface area contributed by atoms with Crippen LogP contribution in [-0.4, -0.2) is 38.4 Å². The highest BCUT2D eigenvalue weighted by atomic mass is 16.6. The Bertz CT molecular complexity index is 453. The molecule has 0 fully saturated rings. The number of rotatable bonds is 9. The first-order valence-electron chi connectivity index (χ1n) is 6.79. The predicted molar refractivity (Wildman–Crippen MR) is 77.7 cm³/mol. The molecule has 0 saturated carbocycles. The van der Waals surface area contributed by atoms with E-state index in [1.165, 1.54) is 17.7 Å². The minimum absolute atomic E-state index is 0.148. The van der Waals surface area contributed by atoms with Crippen LogP contribution in [0.5, 0.6) is 0 Å². The molecule has 0 atom stereocenters. The van der Waals surface area contributed by atoms with E-state index in [1.54, 1.807) is 6.92 Å². The summed E-state index contributed by atoms with van der Waals surface area (Å²) in [5.74, 6) is -1.15. The fraction of sp³-hybridized carbons (Fsp3) is 0.375. The van der Waals surface area contributed by atoms with Gasteiger partial charge in [-0.25, -0.2) is 9.59 Å². The monoisotopic (exact) mass is 292 g/mol. The summed E-state index contributed by atoms with van der Waals surface area (Å²) in [6.07, 6.45) is 3.59. The standard InChI is InChI=1S/C16H20O5/c1-2-6-15(17)21-13-16(18)20-12-11-19-10-9-14-7-4-3-5-8-14/h2-8H,9-13H2,1H3/b6-2+. The van der Waals surface area contributed by atoms with Crippen molar-refractivity contribution in [2.75, 3.05) is 26.4 Å². The van der Waals surface area contributed by atoms with E-state index in [0.717, 1.165) is 6.42 Å². The molecule has 1 aromatic rings. The average molecular weight is 292 g/mol. The molecule has 0 aromatic heterocycles. The smallest absolute Gasteiger partial charge is 0.344 e. The molecule has 0 aliphatic heterocycles. The number of carbonyl (C=O) groups excluding carboxylic acids is 2. The molecule has 0 amide bonds. The lowest BCUT2D eigenvalue weighted by atomic mass is 10.2. The van der Waals surface area contributed by atoms with Crippen LogP contribution >= 0.6 is 0 Å². The quantitative estimate of drug-likeness (QED) is 0.395. The maximum atomic E-state index is 11.2. The van der Waals surface area contributed by atoms with Crippen LogP contribution in [0.3, 0.4) is 0 Å². The number of hydrogen-bond donors (Lipinski definition) is 0. The molecular weight excluding hydrogens is 272 g/mol. The first kappa shape index (κ1) is 16.9. The van der Waals surface area contributed by atoms with Crippen molar-refractivity contribution in [2.24, 2.45) is 0 Å². The highest BCUT2D eigenvalue weighted by molar-refractivity contribution is 5.84. The van der Waals surface area contributed by atoms with E-state index in [9.17, 15) is 9.59 Å². The first-order valence-corrected chi connectivity index (χ1v) is 6.79. The molecule has 0 aliphatic carbocycles. The third-order valence-corrected chi connectivity index (χ3v) is 2.50. The van der Waals surface area contributed by atoms with Crippen molar-refractivity contribution in [1.29, 1.82) is 0 Å². The molecule has 0 radical (unpaired) electrons. The lowest BCUT2D eigenvalue weighted by molar-refractivity contribution is -0.157. The van der Waals surface area contributed by atoms with Crippen molar-refractivity contribution in [3.05, 3.63) is 48.0 Å². The Morgan fingerprint density at radius 1 is 1.05 bits per heavy atom. The molecule has 0 aliphatic rings. The second-order valence-electron chi connectivity index (χ2n) is 4.18. The van der Waals surface area contributed by atoms with Crippen molar-refractivity contribution in [3.8, 4) is 0 Å². The van der Waals surface area contributed by atoms with Crippen LogP contribution in [0.1, 0.15) is 12.5 Å². The van der Waals surface area contributed by atoms with Crippen LogP contribution in [-0.2, 0) is 30.2 Å². The van der Waals surface area contributed by atoms with Gasteiger partial charge in [0.15, 0.2) is 6.61 Å². The van der Waals surface area contributed by atoms with Crippen molar-refractivity contribution >= 4 is 11.9 Å². The normalized spacial score (nSPS) is 10.5. The molecule has 21 heavy (non-hydrogen) atoms. The molecule has 0 N–H and O–H groups in total. The Morgan fingerprint density at radius 3 is 2.52 bits per heavy atom. The Labute approximate surface area is 124 Å². The largest absolute Gasteiger partial charge is 0.461 e. The number of carbonyl (C=O) groups is 2. The van der Waals surface area contributed by atoms with Gasteiger partial charge in [0, 0.05) is 6.08 Å².